The van der Waals surface area contributed by atoms with E-state index in [1.165, 1.54) is 12.8 Å². The standard InChI is InChI=1S/C27H33NO8/c29-18(34-17-12-8-3-1-2-4-9-13-17)14-15-19(30)35-25-22(31)23-20-21(24(25)36-23)27(33)28(26(20)32)16-10-6-5-7-11-16/h5-7,10-11,17,20-25,31H,1-4,8-9,12-15H2. The molecule has 9 nitrogen and oxygen atoms in total. The summed E-state index contributed by atoms with van der Waals surface area (Å²) in [6.45, 7) is 0. The summed E-state index contributed by atoms with van der Waals surface area (Å²) < 4.78 is 16.8. The predicted octanol–water partition coefficient (Wildman–Crippen LogP) is 2.67. The molecular weight excluding hydrogens is 466 g/mol. The van der Waals surface area contributed by atoms with Crippen LogP contribution in [-0.4, -0.2) is 59.4 Å². The number of para-hydroxylation sites is 1. The zero-order valence-corrected chi connectivity index (χ0v) is 20.3. The summed E-state index contributed by atoms with van der Waals surface area (Å²) in [5.41, 5.74) is 0.461. The molecule has 1 aliphatic carbocycles. The fraction of sp³-hybridized carbons (Fsp3) is 0.630. The van der Waals surface area contributed by atoms with Crippen molar-refractivity contribution in [3.63, 3.8) is 0 Å². The highest BCUT2D eigenvalue weighted by molar-refractivity contribution is 6.22. The highest BCUT2D eigenvalue weighted by atomic mass is 16.6. The van der Waals surface area contributed by atoms with E-state index >= 15 is 0 Å². The molecule has 0 spiro atoms. The number of nitrogens with zero attached hydrogens (tertiary/aromatic N) is 1. The number of imide groups is 1. The van der Waals surface area contributed by atoms with Crippen molar-refractivity contribution in [2.24, 2.45) is 11.8 Å². The molecule has 4 fully saturated rings. The van der Waals surface area contributed by atoms with Gasteiger partial charge in [-0.2, -0.15) is 0 Å². The van der Waals surface area contributed by atoms with E-state index in [-0.39, 0.29) is 18.9 Å². The van der Waals surface area contributed by atoms with Crippen molar-refractivity contribution >= 4 is 29.4 Å². The summed E-state index contributed by atoms with van der Waals surface area (Å²) in [5, 5.41) is 10.7. The molecule has 9 heteroatoms. The molecule has 0 radical (unpaired) electrons. The summed E-state index contributed by atoms with van der Waals surface area (Å²) in [7, 11) is 0. The molecule has 6 atom stereocenters. The van der Waals surface area contributed by atoms with Gasteiger partial charge in [0.15, 0.2) is 6.10 Å². The molecule has 4 aliphatic rings. The monoisotopic (exact) mass is 499 g/mol. The second-order valence-electron chi connectivity index (χ2n) is 10.2. The van der Waals surface area contributed by atoms with Gasteiger partial charge in [-0.1, -0.05) is 43.9 Å². The fourth-order valence-corrected chi connectivity index (χ4v) is 6.05. The number of fused-ring (bicyclic) bond motifs is 5. The van der Waals surface area contributed by atoms with E-state index in [1.54, 1.807) is 30.3 Å². The lowest BCUT2D eigenvalue weighted by Crippen LogP contribution is -2.49. The van der Waals surface area contributed by atoms with Crippen LogP contribution in [0.4, 0.5) is 5.69 Å². The predicted molar refractivity (Wildman–Crippen MR) is 127 cm³/mol. The number of carbonyl (C=O) groups excluding carboxylic acids is 4. The summed E-state index contributed by atoms with van der Waals surface area (Å²) >= 11 is 0. The van der Waals surface area contributed by atoms with Gasteiger partial charge in [-0.25, -0.2) is 4.90 Å². The van der Waals surface area contributed by atoms with Gasteiger partial charge in [0.05, 0.1) is 30.4 Å². The van der Waals surface area contributed by atoms with E-state index in [0.29, 0.717) is 5.69 Å². The van der Waals surface area contributed by atoms with Gasteiger partial charge in [0, 0.05) is 0 Å². The van der Waals surface area contributed by atoms with Gasteiger partial charge in [-0.15, -0.1) is 0 Å². The lowest BCUT2D eigenvalue weighted by molar-refractivity contribution is -0.163. The molecule has 194 valence electrons. The Labute approximate surface area is 210 Å². The lowest BCUT2D eigenvalue weighted by atomic mass is 9.78. The summed E-state index contributed by atoms with van der Waals surface area (Å²) in [4.78, 5) is 52.1. The molecule has 3 saturated heterocycles. The van der Waals surface area contributed by atoms with E-state index < -0.39 is 60.0 Å². The third kappa shape index (κ3) is 4.78. The third-order valence-corrected chi connectivity index (χ3v) is 7.83. The summed E-state index contributed by atoms with van der Waals surface area (Å²) in [6.07, 6.45) is 3.96. The van der Waals surface area contributed by atoms with Crippen LogP contribution < -0.4 is 4.90 Å². The topological polar surface area (TPSA) is 119 Å². The first-order valence-corrected chi connectivity index (χ1v) is 13.1. The SMILES string of the molecule is O=C(CCC(=O)OC1C(O)C2OC1C1C(=O)N(c3ccccc3)C(=O)C21)OC1CCCCCCCC1. The Morgan fingerprint density at radius 3 is 2.03 bits per heavy atom. The quantitative estimate of drug-likeness (QED) is 0.469. The number of amides is 2. The first-order valence-electron chi connectivity index (χ1n) is 13.1. The van der Waals surface area contributed by atoms with Gasteiger partial charge in [0.2, 0.25) is 11.8 Å². The fourth-order valence-electron chi connectivity index (χ4n) is 6.05. The maximum absolute atomic E-state index is 13.1. The van der Waals surface area contributed by atoms with Crippen LogP contribution in [0.15, 0.2) is 30.3 Å². The Morgan fingerprint density at radius 2 is 1.39 bits per heavy atom. The number of hydrogen-bond acceptors (Lipinski definition) is 8. The van der Waals surface area contributed by atoms with Crippen LogP contribution in [0.25, 0.3) is 0 Å². The molecule has 2 amide bonds. The normalized spacial score (nSPS) is 32.5. The zero-order chi connectivity index (χ0) is 25.2. The molecule has 6 unspecified atom stereocenters. The van der Waals surface area contributed by atoms with Crippen molar-refractivity contribution in [3.8, 4) is 0 Å². The second kappa shape index (κ2) is 10.7. The average molecular weight is 500 g/mol. The highest BCUT2D eigenvalue weighted by Gasteiger charge is 2.70. The molecule has 0 aromatic heterocycles. The van der Waals surface area contributed by atoms with Crippen LogP contribution in [0.3, 0.4) is 0 Å². The van der Waals surface area contributed by atoms with Gasteiger partial charge in [0.25, 0.3) is 0 Å². The molecular formula is C27H33NO8. The van der Waals surface area contributed by atoms with E-state index in [4.69, 9.17) is 14.2 Å². The van der Waals surface area contributed by atoms with Crippen LogP contribution in [0, 0.1) is 11.8 Å². The molecule has 1 aromatic rings. The largest absolute Gasteiger partial charge is 0.462 e. The summed E-state index contributed by atoms with van der Waals surface area (Å²) in [6, 6.07) is 8.60. The smallest absolute Gasteiger partial charge is 0.306 e. The lowest BCUT2D eigenvalue weighted by Gasteiger charge is -2.29. The number of ether oxygens (including phenoxy) is 3. The molecule has 3 heterocycles. The van der Waals surface area contributed by atoms with Gasteiger partial charge < -0.3 is 19.3 Å². The third-order valence-electron chi connectivity index (χ3n) is 7.83. The first-order chi connectivity index (χ1) is 17.5. The van der Waals surface area contributed by atoms with E-state index in [0.717, 1.165) is 43.4 Å². The minimum absolute atomic E-state index is 0.109. The zero-order valence-electron chi connectivity index (χ0n) is 20.3. The van der Waals surface area contributed by atoms with E-state index in [9.17, 15) is 24.3 Å². The number of benzene rings is 1. The average Bonchev–Trinajstić information content (AvgIpc) is 3.51. The molecule has 3 aliphatic heterocycles. The Kier molecular flexibility index (Phi) is 7.39. The Bertz CT molecular complexity index is 987. The van der Waals surface area contributed by atoms with Gasteiger partial charge in [0.1, 0.15) is 24.4 Å². The Morgan fingerprint density at radius 1 is 0.833 bits per heavy atom. The number of hydrogen-bond donors (Lipinski definition) is 1. The van der Waals surface area contributed by atoms with Crippen LogP contribution in [-0.2, 0) is 33.4 Å². The van der Waals surface area contributed by atoms with Crippen molar-refractivity contribution < 1.29 is 38.5 Å². The number of aliphatic hydroxyl groups is 1. The first kappa shape index (κ1) is 24.9. The maximum atomic E-state index is 13.1. The van der Waals surface area contributed by atoms with Crippen molar-refractivity contribution in [2.75, 3.05) is 4.90 Å². The number of rotatable bonds is 6. The van der Waals surface area contributed by atoms with Crippen molar-refractivity contribution in [1.29, 1.82) is 0 Å². The van der Waals surface area contributed by atoms with Gasteiger partial charge in [-0.05, 0) is 37.8 Å². The minimum atomic E-state index is -1.22. The van der Waals surface area contributed by atoms with Crippen molar-refractivity contribution in [2.45, 2.75) is 94.7 Å². The van der Waals surface area contributed by atoms with Crippen molar-refractivity contribution in [1.82, 2.24) is 0 Å². The molecule has 1 N–H and O–H groups in total. The molecule has 1 aromatic carbocycles. The number of aliphatic hydroxyl groups excluding tert-OH is 1. The number of anilines is 1. The van der Waals surface area contributed by atoms with Crippen LogP contribution in [0.5, 0.6) is 0 Å². The molecule has 1 saturated carbocycles. The number of carbonyl (C=O) groups is 4. The molecule has 5 rings (SSSR count). The highest BCUT2D eigenvalue weighted by Crippen LogP contribution is 2.50. The summed E-state index contributed by atoms with van der Waals surface area (Å²) in [5.74, 6) is -3.57. The second-order valence-corrected chi connectivity index (χ2v) is 10.2. The van der Waals surface area contributed by atoms with Crippen LogP contribution >= 0.6 is 0 Å². The van der Waals surface area contributed by atoms with Crippen LogP contribution in [0.2, 0.25) is 0 Å². The van der Waals surface area contributed by atoms with Gasteiger partial charge in [-0.3, -0.25) is 19.2 Å². The van der Waals surface area contributed by atoms with E-state index in [2.05, 4.69) is 0 Å². The maximum Gasteiger partial charge on any atom is 0.306 e. The van der Waals surface area contributed by atoms with Crippen molar-refractivity contribution in [3.05, 3.63) is 30.3 Å². The molecule has 2 bridgehead atoms. The minimum Gasteiger partial charge on any atom is -0.462 e. The Hall–Kier alpha value is -2.78. The van der Waals surface area contributed by atoms with Gasteiger partial charge >= 0.3 is 11.9 Å². The van der Waals surface area contributed by atoms with Crippen LogP contribution in [0.1, 0.15) is 64.2 Å². The molecule has 36 heavy (non-hydrogen) atoms. The number of esters is 2. The van der Waals surface area contributed by atoms with E-state index in [1.807, 2.05) is 0 Å². The Balaban J connectivity index is 1.15.